The molecule has 0 aliphatic carbocycles. The van der Waals surface area contributed by atoms with Crippen LogP contribution in [0.5, 0.6) is 0 Å². The molecule has 2 heterocycles. The van der Waals surface area contributed by atoms with Gasteiger partial charge in [-0.15, -0.1) is 11.3 Å². The molecule has 3 aromatic rings. The van der Waals surface area contributed by atoms with Crippen LogP contribution in [0.4, 0.5) is 0 Å². The Bertz CT molecular complexity index is 921. The number of benzene rings is 1. The number of imidazole rings is 1. The first-order chi connectivity index (χ1) is 11.5. The van der Waals surface area contributed by atoms with Crippen molar-refractivity contribution >= 4 is 22.3 Å². The Labute approximate surface area is 145 Å². The molecule has 0 saturated heterocycles. The zero-order valence-corrected chi connectivity index (χ0v) is 15.3. The smallest absolute Gasteiger partial charge is 0.354 e. The number of hydrogen-bond donors (Lipinski definition) is 1. The quantitative estimate of drug-likeness (QED) is 0.718. The second-order valence-electron chi connectivity index (χ2n) is 6.13. The van der Waals surface area contributed by atoms with Gasteiger partial charge in [0.2, 0.25) is 0 Å². The highest BCUT2D eigenvalue weighted by molar-refractivity contribution is 7.17. The van der Waals surface area contributed by atoms with Crippen LogP contribution in [0, 0.1) is 13.8 Å². The van der Waals surface area contributed by atoms with Crippen LogP contribution in [0.1, 0.15) is 52.5 Å². The number of aromatic nitrogens is 2. The minimum atomic E-state index is -0.905. The Balaban J connectivity index is 2.38. The van der Waals surface area contributed by atoms with E-state index in [0.29, 0.717) is 17.8 Å². The number of nitrogens with zero attached hydrogens (tertiary/aromatic N) is 2. The Kier molecular flexibility index (Phi) is 4.45. The molecule has 4 nitrogen and oxygen atoms in total. The zero-order valence-electron chi connectivity index (χ0n) is 14.5. The molecular formula is C19H22N2O2S. The molecular weight excluding hydrogens is 320 g/mol. The molecule has 0 radical (unpaired) electrons. The predicted molar refractivity (Wildman–Crippen MR) is 98.3 cm³/mol. The largest absolute Gasteiger partial charge is 0.477 e. The molecule has 3 rings (SSSR count). The number of fused-ring (bicyclic) bond motifs is 1. The van der Waals surface area contributed by atoms with E-state index in [2.05, 4.69) is 44.0 Å². The minimum Gasteiger partial charge on any atom is -0.477 e. The van der Waals surface area contributed by atoms with E-state index >= 15 is 0 Å². The van der Waals surface area contributed by atoms with Gasteiger partial charge < -0.3 is 5.11 Å². The number of carboxylic acid groups (broad SMARTS) is 1. The number of carboxylic acids is 1. The van der Waals surface area contributed by atoms with Gasteiger partial charge in [0.1, 0.15) is 0 Å². The van der Waals surface area contributed by atoms with Gasteiger partial charge in [-0.25, -0.2) is 9.78 Å². The Morgan fingerprint density at radius 3 is 2.62 bits per heavy atom. The third-order valence-corrected chi connectivity index (χ3v) is 5.45. The highest BCUT2D eigenvalue weighted by Gasteiger charge is 2.25. The minimum absolute atomic E-state index is 0.317. The lowest BCUT2D eigenvalue weighted by Gasteiger charge is -2.10. The van der Waals surface area contributed by atoms with Gasteiger partial charge in [-0.3, -0.25) is 4.40 Å². The van der Waals surface area contributed by atoms with E-state index in [1.54, 1.807) is 11.3 Å². The van der Waals surface area contributed by atoms with Crippen LogP contribution < -0.4 is 0 Å². The summed E-state index contributed by atoms with van der Waals surface area (Å²) in [5, 5.41) is 9.79. The molecule has 0 unspecified atom stereocenters. The molecule has 0 aliphatic rings. The van der Waals surface area contributed by atoms with Gasteiger partial charge in [0.25, 0.3) is 0 Å². The van der Waals surface area contributed by atoms with Gasteiger partial charge in [-0.05, 0) is 32.3 Å². The van der Waals surface area contributed by atoms with Crippen molar-refractivity contribution in [1.82, 2.24) is 9.38 Å². The van der Waals surface area contributed by atoms with Crippen LogP contribution in [-0.4, -0.2) is 20.5 Å². The monoisotopic (exact) mass is 342 g/mol. The predicted octanol–water partition coefficient (Wildman–Crippen LogP) is 4.89. The molecule has 126 valence electrons. The molecule has 0 amide bonds. The average Bonchev–Trinajstić information content (AvgIpc) is 3.03. The lowest BCUT2D eigenvalue weighted by atomic mass is 10.0. The van der Waals surface area contributed by atoms with Crippen LogP contribution in [0.3, 0.4) is 0 Å². The maximum Gasteiger partial charge on any atom is 0.354 e. The second-order valence-corrected chi connectivity index (χ2v) is 7.19. The molecule has 1 N–H and O–H groups in total. The van der Waals surface area contributed by atoms with E-state index in [1.165, 1.54) is 10.4 Å². The molecule has 0 aliphatic heterocycles. The normalized spacial score (nSPS) is 11.3. The highest BCUT2D eigenvalue weighted by atomic mass is 32.1. The number of aryl methyl sites for hydroxylation is 4. The van der Waals surface area contributed by atoms with Gasteiger partial charge in [-0.2, -0.15) is 0 Å². The van der Waals surface area contributed by atoms with Gasteiger partial charge in [0.15, 0.2) is 10.7 Å². The molecule has 24 heavy (non-hydrogen) atoms. The molecule has 0 fully saturated rings. The van der Waals surface area contributed by atoms with Crippen molar-refractivity contribution in [3.05, 3.63) is 45.6 Å². The highest BCUT2D eigenvalue weighted by Crippen LogP contribution is 2.36. The standard InChI is InChI=1S/C19H22N2O2S/c1-5-7-14-17(18(22)23)21-16(15(6-2)24-19(21)20-14)13-9-8-11(3)10-12(13)4/h8-10H,5-7H2,1-4H3,(H,22,23). The molecule has 0 saturated carbocycles. The second kappa shape index (κ2) is 6.40. The Hall–Kier alpha value is -2.14. The SMILES string of the molecule is CCCc1nc2sc(CC)c(-c3ccc(C)cc3C)n2c1C(=O)O. The van der Waals surface area contributed by atoms with Crippen molar-refractivity contribution in [2.24, 2.45) is 0 Å². The molecule has 0 bridgehead atoms. The Morgan fingerprint density at radius 1 is 1.29 bits per heavy atom. The van der Waals surface area contributed by atoms with Crippen molar-refractivity contribution in [3.63, 3.8) is 0 Å². The van der Waals surface area contributed by atoms with Gasteiger partial charge in [0.05, 0.1) is 11.4 Å². The van der Waals surface area contributed by atoms with Crippen molar-refractivity contribution in [2.45, 2.75) is 47.0 Å². The summed E-state index contributed by atoms with van der Waals surface area (Å²) in [5.74, 6) is -0.905. The van der Waals surface area contributed by atoms with E-state index in [4.69, 9.17) is 0 Å². The van der Waals surface area contributed by atoms with Crippen molar-refractivity contribution in [2.75, 3.05) is 0 Å². The molecule has 1 aromatic carbocycles. The summed E-state index contributed by atoms with van der Waals surface area (Å²) in [6.07, 6.45) is 2.42. The van der Waals surface area contributed by atoms with Crippen LogP contribution >= 0.6 is 11.3 Å². The van der Waals surface area contributed by atoms with Crippen LogP contribution in [0.25, 0.3) is 16.2 Å². The summed E-state index contributed by atoms with van der Waals surface area (Å²) in [5.41, 5.74) is 5.44. The molecule has 5 heteroatoms. The van der Waals surface area contributed by atoms with Crippen LogP contribution in [0.15, 0.2) is 18.2 Å². The topological polar surface area (TPSA) is 54.6 Å². The summed E-state index contributed by atoms with van der Waals surface area (Å²) < 4.78 is 1.86. The zero-order chi connectivity index (χ0) is 17.4. The summed E-state index contributed by atoms with van der Waals surface area (Å²) in [7, 11) is 0. The maximum absolute atomic E-state index is 11.9. The van der Waals surface area contributed by atoms with Gasteiger partial charge in [0, 0.05) is 10.4 Å². The number of thiazole rings is 1. The third kappa shape index (κ3) is 2.63. The number of rotatable bonds is 5. The van der Waals surface area contributed by atoms with Crippen molar-refractivity contribution < 1.29 is 9.90 Å². The molecule has 0 spiro atoms. The fraction of sp³-hybridized carbons (Fsp3) is 0.368. The van der Waals surface area contributed by atoms with E-state index in [0.717, 1.165) is 34.6 Å². The first-order valence-corrected chi connectivity index (χ1v) is 9.13. The molecule has 0 atom stereocenters. The van der Waals surface area contributed by atoms with Gasteiger partial charge >= 0.3 is 5.97 Å². The lowest BCUT2D eigenvalue weighted by molar-refractivity contribution is 0.0688. The third-order valence-electron chi connectivity index (χ3n) is 4.27. The maximum atomic E-state index is 11.9. The van der Waals surface area contributed by atoms with E-state index in [1.807, 2.05) is 11.3 Å². The van der Waals surface area contributed by atoms with E-state index in [9.17, 15) is 9.90 Å². The molecule has 2 aromatic heterocycles. The summed E-state index contributed by atoms with van der Waals surface area (Å²) >= 11 is 1.60. The number of hydrogen-bond acceptors (Lipinski definition) is 3. The van der Waals surface area contributed by atoms with Crippen LogP contribution in [0.2, 0.25) is 0 Å². The summed E-state index contributed by atoms with van der Waals surface area (Å²) in [6.45, 7) is 8.29. The summed E-state index contributed by atoms with van der Waals surface area (Å²) in [6, 6.07) is 6.31. The average molecular weight is 342 g/mol. The number of carbonyl (C=O) groups is 1. The Morgan fingerprint density at radius 2 is 2.04 bits per heavy atom. The van der Waals surface area contributed by atoms with Crippen LogP contribution in [-0.2, 0) is 12.8 Å². The fourth-order valence-corrected chi connectivity index (χ4v) is 4.31. The first kappa shape index (κ1) is 16.7. The van der Waals surface area contributed by atoms with E-state index < -0.39 is 5.97 Å². The first-order valence-electron chi connectivity index (χ1n) is 8.31. The summed E-state index contributed by atoms with van der Waals surface area (Å²) in [4.78, 5) is 18.5. The number of aromatic carboxylic acids is 1. The lowest BCUT2D eigenvalue weighted by Crippen LogP contribution is -2.07. The van der Waals surface area contributed by atoms with E-state index in [-0.39, 0.29) is 0 Å². The van der Waals surface area contributed by atoms with Crippen molar-refractivity contribution in [1.29, 1.82) is 0 Å². The fourth-order valence-electron chi connectivity index (χ4n) is 3.22. The van der Waals surface area contributed by atoms with Gasteiger partial charge in [-0.1, -0.05) is 44.0 Å². The van der Waals surface area contributed by atoms with Crippen molar-refractivity contribution in [3.8, 4) is 11.3 Å².